The lowest BCUT2D eigenvalue weighted by atomic mass is 10.3. The Morgan fingerprint density at radius 1 is 1.22 bits per heavy atom. The lowest BCUT2D eigenvalue weighted by Gasteiger charge is -2.07. The Morgan fingerprint density at radius 3 is 2.78 bits per heavy atom. The minimum absolute atomic E-state index is 0.290. The fourth-order valence-electron chi connectivity index (χ4n) is 1.45. The number of hydrogen-bond acceptors (Lipinski definition) is 3. The summed E-state index contributed by atoms with van der Waals surface area (Å²) in [6, 6.07) is 10.3. The highest BCUT2D eigenvalue weighted by atomic mass is 35.5. The summed E-state index contributed by atoms with van der Waals surface area (Å²) in [5, 5.41) is 3.21. The average molecular weight is 286 g/mol. The van der Waals surface area contributed by atoms with Gasteiger partial charge >= 0.3 is 0 Å². The van der Waals surface area contributed by atoms with Crippen LogP contribution in [0.4, 0.5) is 4.39 Å². The van der Waals surface area contributed by atoms with Crippen LogP contribution in [0.3, 0.4) is 0 Å². The summed E-state index contributed by atoms with van der Waals surface area (Å²) in [6.45, 7) is 1.84. The third-order valence-corrected chi connectivity index (χ3v) is 3.53. The van der Waals surface area contributed by atoms with E-state index >= 15 is 0 Å². The molecule has 0 bridgehead atoms. The van der Waals surface area contributed by atoms with Crippen LogP contribution in [0.5, 0.6) is 5.75 Å². The fourth-order valence-corrected chi connectivity index (χ4v) is 2.51. The number of rotatable bonds is 6. The van der Waals surface area contributed by atoms with Gasteiger partial charge in [0.15, 0.2) is 11.6 Å². The number of nitrogens with one attached hydrogen (secondary N) is 1. The van der Waals surface area contributed by atoms with Gasteiger partial charge in [0.05, 0.1) is 4.34 Å². The second-order valence-corrected chi connectivity index (χ2v) is 5.46. The van der Waals surface area contributed by atoms with Crippen molar-refractivity contribution in [2.75, 3.05) is 13.2 Å². The second-order valence-electron chi connectivity index (χ2n) is 3.66. The van der Waals surface area contributed by atoms with Crippen LogP contribution in [-0.2, 0) is 6.54 Å². The molecule has 2 rings (SSSR count). The van der Waals surface area contributed by atoms with E-state index in [4.69, 9.17) is 16.3 Å². The summed E-state index contributed by atoms with van der Waals surface area (Å²) in [4.78, 5) is 1.17. The molecule has 1 N–H and O–H groups in total. The molecule has 0 fully saturated rings. The van der Waals surface area contributed by atoms with E-state index in [2.05, 4.69) is 5.32 Å². The van der Waals surface area contributed by atoms with Gasteiger partial charge in [0, 0.05) is 18.0 Å². The van der Waals surface area contributed by atoms with E-state index in [-0.39, 0.29) is 5.82 Å². The molecular formula is C13H13ClFNOS. The molecule has 0 saturated carbocycles. The van der Waals surface area contributed by atoms with E-state index in [0.29, 0.717) is 18.9 Å². The molecule has 1 aromatic carbocycles. The Kier molecular flexibility index (Phi) is 4.99. The van der Waals surface area contributed by atoms with Crippen molar-refractivity contribution in [2.24, 2.45) is 0 Å². The SMILES string of the molecule is Fc1ccccc1OCCNCc1ccc(Cl)s1. The molecule has 2 aromatic rings. The van der Waals surface area contributed by atoms with E-state index in [0.717, 1.165) is 10.9 Å². The lowest BCUT2D eigenvalue weighted by molar-refractivity contribution is 0.298. The molecule has 0 radical (unpaired) electrons. The maximum absolute atomic E-state index is 13.2. The molecule has 0 saturated heterocycles. The monoisotopic (exact) mass is 285 g/mol. The van der Waals surface area contributed by atoms with E-state index in [1.807, 2.05) is 12.1 Å². The highest BCUT2D eigenvalue weighted by Crippen LogP contribution is 2.20. The van der Waals surface area contributed by atoms with E-state index < -0.39 is 0 Å². The van der Waals surface area contributed by atoms with Gasteiger partial charge in [0.25, 0.3) is 0 Å². The molecule has 1 heterocycles. The van der Waals surface area contributed by atoms with Crippen molar-refractivity contribution in [2.45, 2.75) is 6.54 Å². The number of thiophene rings is 1. The minimum Gasteiger partial charge on any atom is -0.489 e. The molecule has 0 aliphatic carbocycles. The van der Waals surface area contributed by atoms with E-state index in [9.17, 15) is 4.39 Å². The van der Waals surface area contributed by atoms with Crippen molar-refractivity contribution in [1.82, 2.24) is 5.32 Å². The first-order valence-electron chi connectivity index (χ1n) is 5.58. The average Bonchev–Trinajstić information content (AvgIpc) is 2.77. The van der Waals surface area contributed by atoms with Crippen LogP contribution in [0.1, 0.15) is 4.88 Å². The maximum Gasteiger partial charge on any atom is 0.165 e. The molecule has 18 heavy (non-hydrogen) atoms. The molecule has 96 valence electrons. The molecule has 2 nitrogen and oxygen atoms in total. The summed E-state index contributed by atoms with van der Waals surface area (Å²) >= 11 is 7.37. The van der Waals surface area contributed by atoms with Crippen LogP contribution >= 0.6 is 22.9 Å². The van der Waals surface area contributed by atoms with Crippen molar-refractivity contribution >= 4 is 22.9 Å². The highest BCUT2D eigenvalue weighted by Gasteiger charge is 2.01. The van der Waals surface area contributed by atoms with E-state index in [1.54, 1.807) is 29.5 Å². The summed E-state index contributed by atoms with van der Waals surface area (Å²) in [5.41, 5.74) is 0. The van der Waals surface area contributed by atoms with Crippen molar-refractivity contribution in [3.05, 3.63) is 51.4 Å². The fraction of sp³-hybridized carbons (Fsp3) is 0.231. The largest absolute Gasteiger partial charge is 0.489 e. The summed E-state index contributed by atoms with van der Waals surface area (Å²) in [7, 11) is 0. The third kappa shape index (κ3) is 3.98. The first-order valence-corrected chi connectivity index (χ1v) is 6.77. The molecule has 5 heteroatoms. The Morgan fingerprint density at radius 2 is 2.06 bits per heavy atom. The van der Waals surface area contributed by atoms with Crippen LogP contribution in [0.25, 0.3) is 0 Å². The molecule has 0 atom stereocenters. The van der Waals surface area contributed by atoms with Crippen molar-refractivity contribution in [3.8, 4) is 5.75 Å². The highest BCUT2D eigenvalue weighted by molar-refractivity contribution is 7.16. The van der Waals surface area contributed by atoms with Crippen molar-refractivity contribution < 1.29 is 9.13 Å². The van der Waals surface area contributed by atoms with Gasteiger partial charge in [0.2, 0.25) is 0 Å². The predicted octanol–water partition coefficient (Wildman–Crippen LogP) is 3.71. The predicted molar refractivity (Wildman–Crippen MR) is 72.9 cm³/mol. The normalized spacial score (nSPS) is 10.6. The quantitative estimate of drug-likeness (QED) is 0.817. The number of para-hydroxylation sites is 1. The van der Waals surface area contributed by atoms with Gasteiger partial charge < -0.3 is 10.1 Å². The van der Waals surface area contributed by atoms with Gasteiger partial charge in [-0.2, -0.15) is 0 Å². The molecule has 1 aromatic heterocycles. The van der Waals surface area contributed by atoms with Crippen LogP contribution in [0, 0.1) is 5.82 Å². The van der Waals surface area contributed by atoms with E-state index in [1.165, 1.54) is 10.9 Å². The van der Waals surface area contributed by atoms with Crippen LogP contribution < -0.4 is 10.1 Å². The Labute approximate surface area is 114 Å². The Bertz CT molecular complexity index is 503. The smallest absolute Gasteiger partial charge is 0.165 e. The van der Waals surface area contributed by atoms with Gasteiger partial charge in [-0.15, -0.1) is 11.3 Å². The summed E-state index contributed by atoms with van der Waals surface area (Å²) < 4.78 is 19.3. The zero-order valence-corrected chi connectivity index (χ0v) is 11.2. The van der Waals surface area contributed by atoms with Gasteiger partial charge in [-0.3, -0.25) is 0 Å². The summed E-state index contributed by atoms with van der Waals surface area (Å²) in [6.07, 6.45) is 0. The maximum atomic E-state index is 13.2. The number of hydrogen-bond donors (Lipinski definition) is 1. The number of benzene rings is 1. The van der Waals surface area contributed by atoms with Crippen LogP contribution in [0.2, 0.25) is 4.34 Å². The topological polar surface area (TPSA) is 21.3 Å². The standard InChI is InChI=1S/C13H13ClFNOS/c14-13-6-5-10(18-13)9-16-7-8-17-12-4-2-1-3-11(12)15/h1-6,16H,7-9H2. The molecule has 0 aliphatic rings. The first-order chi connectivity index (χ1) is 8.75. The molecular weight excluding hydrogens is 273 g/mol. The van der Waals surface area contributed by atoms with Crippen molar-refractivity contribution in [1.29, 1.82) is 0 Å². The molecule has 0 spiro atoms. The zero-order valence-electron chi connectivity index (χ0n) is 9.66. The lowest BCUT2D eigenvalue weighted by Crippen LogP contribution is -2.20. The molecule has 0 aliphatic heterocycles. The number of halogens is 2. The second kappa shape index (κ2) is 6.73. The van der Waals surface area contributed by atoms with Crippen LogP contribution in [-0.4, -0.2) is 13.2 Å². The van der Waals surface area contributed by atoms with Gasteiger partial charge in [-0.05, 0) is 24.3 Å². The van der Waals surface area contributed by atoms with Gasteiger partial charge in [-0.1, -0.05) is 23.7 Å². The summed E-state index contributed by atoms with van der Waals surface area (Å²) in [5.74, 6) is -0.0407. The van der Waals surface area contributed by atoms with Crippen molar-refractivity contribution in [3.63, 3.8) is 0 Å². The number of ether oxygens (including phenoxy) is 1. The molecule has 0 amide bonds. The first kappa shape index (κ1) is 13.3. The van der Waals surface area contributed by atoms with Gasteiger partial charge in [-0.25, -0.2) is 4.39 Å². The Hall–Kier alpha value is -1.10. The Balaban J connectivity index is 1.66. The van der Waals surface area contributed by atoms with Crippen LogP contribution in [0.15, 0.2) is 36.4 Å². The van der Waals surface area contributed by atoms with Gasteiger partial charge in [0.1, 0.15) is 6.61 Å². The third-order valence-electron chi connectivity index (χ3n) is 2.30. The molecule has 0 unspecified atom stereocenters. The zero-order chi connectivity index (χ0) is 12.8. The minimum atomic E-state index is -0.331.